The minimum absolute atomic E-state index is 0.406. The summed E-state index contributed by atoms with van der Waals surface area (Å²) < 4.78 is 5.34. The van der Waals surface area contributed by atoms with Crippen molar-refractivity contribution in [1.82, 2.24) is 5.32 Å². The lowest BCUT2D eigenvalue weighted by Crippen LogP contribution is -2.19. The molecule has 0 aliphatic heterocycles. The van der Waals surface area contributed by atoms with Crippen molar-refractivity contribution in [3.05, 3.63) is 45.5 Å². The Bertz CT molecular complexity index is 438. The predicted molar refractivity (Wildman–Crippen MR) is 72.5 cm³/mol. The van der Waals surface area contributed by atoms with E-state index in [1.54, 1.807) is 17.4 Å². The molecule has 0 bridgehead atoms. The zero-order chi connectivity index (χ0) is 12.1. The van der Waals surface area contributed by atoms with E-state index in [9.17, 15) is 0 Å². The first kappa shape index (κ1) is 12.7. The van der Waals surface area contributed by atoms with Crippen LogP contribution in [-0.4, -0.2) is 0 Å². The van der Waals surface area contributed by atoms with Gasteiger partial charge >= 0.3 is 0 Å². The Hall–Kier alpha value is -0.770. The Morgan fingerprint density at radius 1 is 1.41 bits per heavy atom. The van der Waals surface area contributed by atoms with Gasteiger partial charge in [-0.1, -0.05) is 19.4 Å². The van der Waals surface area contributed by atoms with Crippen LogP contribution >= 0.6 is 22.9 Å². The van der Waals surface area contributed by atoms with Gasteiger partial charge in [0.2, 0.25) is 0 Å². The zero-order valence-corrected chi connectivity index (χ0v) is 11.4. The summed E-state index contributed by atoms with van der Waals surface area (Å²) in [7, 11) is 0. The molecule has 92 valence electrons. The standard InChI is InChI=1S/C13H16ClNOS/c1-2-4-11(12-5-3-8-17-12)15-9-10-6-7-13(14)16-10/h3,5-8,11,15H,2,4,9H2,1H3. The van der Waals surface area contributed by atoms with Crippen molar-refractivity contribution < 1.29 is 4.42 Å². The van der Waals surface area contributed by atoms with Gasteiger partial charge in [0, 0.05) is 10.9 Å². The average molecular weight is 270 g/mol. The van der Waals surface area contributed by atoms with Gasteiger partial charge in [-0.3, -0.25) is 0 Å². The Kier molecular flexibility index (Phi) is 4.66. The SMILES string of the molecule is CCCC(NCc1ccc(Cl)o1)c1cccs1. The highest BCUT2D eigenvalue weighted by Gasteiger charge is 2.11. The highest BCUT2D eigenvalue weighted by Crippen LogP contribution is 2.24. The van der Waals surface area contributed by atoms with Crippen LogP contribution in [0.2, 0.25) is 5.22 Å². The monoisotopic (exact) mass is 269 g/mol. The lowest BCUT2D eigenvalue weighted by molar-refractivity contribution is 0.438. The molecule has 0 aliphatic carbocycles. The molecule has 0 aliphatic rings. The van der Waals surface area contributed by atoms with Gasteiger partial charge in [0.25, 0.3) is 0 Å². The van der Waals surface area contributed by atoms with E-state index in [1.165, 1.54) is 4.88 Å². The fraction of sp³-hybridized carbons (Fsp3) is 0.385. The van der Waals surface area contributed by atoms with E-state index in [4.69, 9.17) is 16.0 Å². The van der Waals surface area contributed by atoms with Crippen molar-refractivity contribution in [1.29, 1.82) is 0 Å². The first-order chi connectivity index (χ1) is 8.29. The first-order valence-electron chi connectivity index (χ1n) is 5.80. The smallest absolute Gasteiger partial charge is 0.193 e. The van der Waals surface area contributed by atoms with Crippen LogP contribution in [0.15, 0.2) is 34.1 Å². The lowest BCUT2D eigenvalue weighted by Gasteiger charge is -2.15. The second-order valence-corrected chi connectivity index (χ2v) is 5.30. The van der Waals surface area contributed by atoms with Gasteiger partial charge in [0.05, 0.1) is 6.54 Å². The van der Waals surface area contributed by atoms with Crippen LogP contribution in [0.1, 0.15) is 36.4 Å². The summed E-state index contributed by atoms with van der Waals surface area (Å²) in [5, 5.41) is 6.07. The van der Waals surface area contributed by atoms with Crippen LogP contribution < -0.4 is 5.32 Å². The molecular formula is C13H16ClNOS. The zero-order valence-electron chi connectivity index (χ0n) is 9.78. The Balaban J connectivity index is 1.94. The van der Waals surface area contributed by atoms with E-state index in [-0.39, 0.29) is 0 Å². The summed E-state index contributed by atoms with van der Waals surface area (Å²) in [6.07, 6.45) is 2.30. The van der Waals surface area contributed by atoms with Crippen LogP contribution in [-0.2, 0) is 6.54 Å². The number of rotatable bonds is 6. The highest BCUT2D eigenvalue weighted by molar-refractivity contribution is 7.10. The van der Waals surface area contributed by atoms with Crippen LogP contribution in [0, 0.1) is 0 Å². The molecule has 2 aromatic rings. The molecule has 1 atom stereocenters. The molecule has 2 heterocycles. The van der Waals surface area contributed by atoms with Gasteiger partial charge in [-0.05, 0) is 41.6 Å². The molecule has 0 spiro atoms. The van der Waals surface area contributed by atoms with Crippen molar-refractivity contribution in [2.75, 3.05) is 0 Å². The quantitative estimate of drug-likeness (QED) is 0.827. The first-order valence-corrected chi connectivity index (χ1v) is 7.06. The fourth-order valence-electron chi connectivity index (χ4n) is 1.79. The molecule has 0 aromatic carbocycles. The van der Waals surface area contributed by atoms with E-state index in [2.05, 4.69) is 29.8 Å². The molecule has 0 saturated carbocycles. The maximum atomic E-state index is 5.74. The molecule has 2 rings (SSSR count). The number of nitrogens with one attached hydrogen (secondary N) is 1. The van der Waals surface area contributed by atoms with E-state index >= 15 is 0 Å². The Morgan fingerprint density at radius 2 is 2.29 bits per heavy atom. The maximum absolute atomic E-state index is 5.74. The second-order valence-electron chi connectivity index (χ2n) is 3.94. The minimum Gasteiger partial charge on any atom is -0.448 e. The van der Waals surface area contributed by atoms with Crippen LogP contribution in [0.5, 0.6) is 0 Å². The van der Waals surface area contributed by atoms with E-state index in [1.807, 2.05) is 6.07 Å². The molecule has 0 radical (unpaired) electrons. The predicted octanol–water partition coefficient (Wildman–Crippen LogP) is 4.63. The van der Waals surface area contributed by atoms with E-state index < -0.39 is 0 Å². The molecule has 2 aromatic heterocycles. The molecular weight excluding hydrogens is 254 g/mol. The third-order valence-electron chi connectivity index (χ3n) is 2.62. The number of halogens is 1. The maximum Gasteiger partial charge on any atom is 0.193 e. The van der Waals surface area contributed by atoms with Gasteiger partial charge in [-0.2, -0.15) is 0 Å². The van der Waals surface area contributed by atoms with Crippen molar-refractivity contribution >= 4 is 22.9 Å². The van der Waals surface area contributed by atoms with Crippen LogP contribution in [0.4, 0.5) is 0 Å². The fourth-order valence-corrected chi connectivity index (χ4v) is 2.79. The Morgan fingerprint density at radius 3 is 2.88 bits per heavy atom. The molecule has 0 amide bonds. The molecule has 1 N–H and O–H groups in total. The van der Waals surface area contributed by atoms with Crippen LogP contribution in [0.3, 0.4) is 0 Å². The summed E-state index contributed by atoms with van der Waals surface area (Å²) in [6.45, 7) is 2.92. The number of hydrogen-bond donors (Lipinski definition) is 1. The largest absolute Gasteiger partial charge is 0.448 e. The van der Waals surface area contributed by atoms with Crippen molar-refractivity contribution in [2.24, 2.45) is 0 Å². The number of thiophene rings is 1. The van der Waals surface area contributed by atoms with Gasteiger partial charge in [0.1, 0.15) is 5.76 Å². The number of furan rings is 1. The third kappa shape index (κ3) is 3.60. The number of hydrogen-bond acceptors (Lipinski definition) is 3. The highest BCUT2D eigenvalue weighted by atomic mass is 35.5. The summed E-state index contributed by atoms with van der Waals surface area (Å²) in [5.41, 5.74) is 0. The summed E-state index contributed by atoms with van der Waals surface area (Å²) in [6, 6.07) is 8.36. The van der Waals surface area contributed by atoms with Crippen molar-refractivity contribution in [3.63, 3.8) is 0 Å². The summed E-state index contributed by atoms with van der Waals surface area (Å²) in [5.74, 6) is 0.882. The van der Waals surface area contributed by atoms with E-state index in [0.29, 0.717) is 11.3 Å². The second kappa shape index (κ2) is 6.24. The van der Waals surface area contributed by atoms with Crippen molar-refractivity contribution in [2.45, 2.75) is 32.4 Å². The van der Waals surface area contributed by atoms with Crippen LogP contribution in [0.25, 0.3) is 0 Å². The molecule has 17 heavy (non-hydrogen) atoms. The van der Waals surface area contributed by atoms with E-state index in [0.717, 1.165) is 25.1 Å². The molecule has 2 nitrogen and oxygen atoms in total. The molecule has 4 heteroatoms. The Labute approximate surface area is 111 Å². The van der Waals surface area contributed by atoms with Gasteiger partial charge in [-0.15, -0.1) is 11.3 Å². The average Bonchev–Trinajstić information content (AvgIpc) is 2.95. The molecule has 0 fully saturated rings. The summed E-state index contributed by atoms with van der Waals surface area (Å²) in [4.78, 5) is 1.38. The molecule has 1 unspecified atom stereocenters. The van der Waals surface area contributed by atoms with Gasteiger partial charge < -0.3 is 9.73 Å². The lowest BCUT2D eigenvalue weighted by atomic mass is 10.1. The normalized spacial score (nSPS) is 12.8. The summed E-state index contributed by atoms with van der Waals surface area (Å²) >= 11 is 7.54. The third-order valence-corrected chi connectivity index (χ3v) is 3.80. The topological polar surface area (TPSA) is 25.2 Å². The molecule has 0 saturated heterocycles. The van der Waals surface area contributed by atoms with Crippen molar-refractivity contribution in [3.8, 4) is 0 Å². The van der Waals surface area contributed by atoms with Gasteiger partial charge in [-0.25, -0.2) is 0 Å². The van der Waals surface area contributed by atoms with Gasteiger partial charge in [0.15, 0.2) is 5.22 Å². The minimum atomic E-state index is 0.406.